The van der Waals surface area contributed by atoms with Crippen LogP contribution in [0.2, 0.25) is 21.4 Å². The van der Waals surface area contributed by atoms with E-state index in [1.165, 1.54) is 65.5 Å². The molecule has 41 heavy (non-hydrogen) atoms. The van der Waals surface area contributed by atoms with Crippen molar-refractivity contribution in [3.8, 4) is 22.3 Å². The standard InChI is InChI=1S/2C15H11.C7H14Si.2CH3.Hf/c2*1-2-6-12(7-3-1)14-10-4-8-13-9-5-11-15(13)14;1-8-7-5-3-2-4-6-7;;;/h2*1-11H;7H,2-6H2,1H3;2*1H3;. The van der Waals surface area contributed by atoms with Crippen LogP contribution in [0.5, 0.6) is 0 Å². The van der Waals surface area contributed by atoms with Gasteiger partial charge in [0.05, 0.1) is 0 Å². The van der Waals surface area contributed by atoms with Crippen molar-refractivity contribution in [3.63, 3.8) is 0 Å². The third-order valence-corrected chi connectivity index (χ3v) is 69.4. The number of fused-ring (bicyclic) bond motifs is 2. The first-order valence-electron chi connectivity index (χ1n) is 15.7. The van der Waals surface area contributed by atoms with Gasteiger partial charge in [-0.05, 0) is 0 Å². The summed E-state index contributed by atoms with van der Waals surface area (Å²) < 4.78 is 7.01. The van der Waals surface area contributed by atoms with Crippen molar-refractivity contribution in [1.29, 1.82) is 0 Å². The Morgan fingerprint density at radius 3 is 1.49 bits per heavy atom. The molecule has 1 saturated carbocycles. The minimum atomic E-state index is -3.83. The van der Waals surface area contributed by atoms with Gasteiger partial charge in [0, 0.05) is 0 Å². The van der Waals surface area contributed by atoms with Crippen LogP contribution in [0.4, 0.5) is 0 Å². The molecule has 4 aromatic rings. The first kappa shape index (κ1) is 27.3. The molecule has 4 aromatic carbocycles. The summed E-state index contributed by atoms with van der Waals surface area (Å²) in [6.45, 7) is 2.80. The van der Waals surface area contributed by atoms with E-state index < -0.39 is 22.6 Å². The molecule has 0 N–H and O–H groups in total. The van der Waals surface area contributed by atoms with Gasteiger partial charge in [-0.15, -0.1) is 0 Å². The molecule has 0 aliphatic heterocycles. The molecular weight excluding hydrogens is 675 g/mol. The molecule has 0 nitrogen and oxygen atoms in total. The van der Waals surface area contributed by atoms with Gasteiger partial charge < -0.3 is 0 Å². The number of hydrogen-bond donors (Lipinski definition) is 0. The summed E-state index contributed by atoms with van der Waals surface area (Å²) in [6.07, 6.45) is 17.6. The Kier molecular flexibility index (Phi) is 7.07. The Hall–Kier alpha value is -2.55. The van der Waals surface area contributed by atoms with E-state index in [0.717, 1.165) is 5.54 Å². The maximum absolute atomic E-state index is 3.83. The topological polar surface area (TPSA) is 0 Å². The monoisotopic (exact) mass is 718 g/mol. The molecule has 2 unspecified atom stereocenters. The summed E-state index contributed by atoms with van der Waals surface area (Å²) in [4.78, 5) is 0. The van der Waals surface area contributed by atoms with Crippen molar-refractivity contribution >= 4 is 17.6 Å². The van der Waals surface area contributed by atoms with Crippen molar-refractivity contribution in [2.75, 3.05) is 0 Å². The zero-order chi connectivity index (χ0) is 28.1. The van der Waals surface area contributed by atoms with Crippen molar-refractivity contribution < 1.29 is 17.1 Å². The Labute approximate surface area is 247 Å². The summed E-state index contributed by atoms with van der Waals surface area (Å²) in [5.41, 5.74) is 12.0. The van der Waals surface area contributed by atoms with Gasteiger partial charge in [0.25, 0.3) is 0 Å². The predicted octanol–water partition coefficient (Wildman–Crippen LogP) is 11.6. The molecule has 0 radical (unpaired) electrons. The van der Waals surface area contributed by atoms with Gasteiger partial charge >= 0.3 is 249 Å². The number of hydrogen-bond acceptors (Lipinski definition) is 0. The van der Waals surface area contributed by atoms with E-state index in [1.807, 2.05) is 0 Å². The van der Waals surface area contributed by atoms with Gasteiger partial charge in [-0.3, -0.25) is 0 Å². The molecule has 0 saturated heterocycles. The van der Waals surface area contributed by atoms with E-state index in [1.54, 1.807) is 11.1 Å². The maximum atomic E-state index is 2.92. The van der Waals surface area contributed by atoms with Crippen LogP contribution < -0.4 is 0 Å². The average Bonchev–Trinajstić information content (AvgIpc) is 3.68. The molecule has 206 valence electrons. The third-order valence-electron chi connectivity index (χ3n) is 11.4. The van der Waals surface area contributed by atoms with Crippen LogP contribution in [-0.2, 0) is 17.1 Å². The number of benzene rings is 4. The van der Waals surface area contributed by atoms with Gasteiger partial charge in [-0.2, -0.15) is 0 Å². The van der Waals surface area contributed by atoms with E-state index in [9.17, 15) is 0 Å². The molecule has 0 heterocycles. The van der Waals surface area contributed by atoms with Gasteiger partial charge in [0.1, 0.15) is 0 Å². The van der Waals surface area contributed by atoms with Crippen molar-refractivity contribution in [2.24, 2.45) is 0 Å². The summed E-state index contributed by atoms with van der Waals surface area (Å²) in [5.74, 6) is 0. The zero-order valence-corrected chi connectivity index (χ0v) is 29.4. The molecule has 0 bridgehead atoms. The van der Waals surface area contributed by atoms with Gasteiger partial charge in [0.15, 0.2) is 0 Å². The molecule has 3 aliphatic carbocycles. The molecule has 1 fully saturated rings. The molecule has 7 rings (SSSR count). The average molecular weight is 717 g/mol. The van der Waals surface area contributed by atoms with Crippen LogP contribution in [0.25, 0.3) is 34.4 Å². The second-order valence-electron chi connectivity index (χ2n) is 13.7. The first-order valence-corrected chi connectivity index (χ1v) is 34.5. The van der Waals surface area contributed by atoms with E-state index >= 15 is 0 Å². The van der Waals surface area contributed by atoms with E-state index in [2.05, 4.69) is 137 Å². The summed E-state index contributed by atoms with van der Waals surface area (Å²) in [7, 11) is 0. The fourth-order valence-corrected chi connectivity index (χ4v) is 59.1. The Morgan fingerprint density at radius 1 is 0.561 bits per heavy atom. The minimum absolute atomic E-state index is 0.590. The fourth-order valence-electron chi connectivity index (χ4n) is 8.82. The predicted molar refractivity (Wildman–Crippen MR) is 177 cm³/mol. The fraction of sp³-hybridized carbons (Fsp3) is 0.282. The molecule has 0 amide bonds. The first-order chi connectivity index (χ1) is 20.0. The normalized spacial score (nSPS) is 20.2. The van der Waals surface area contributed by atoms with E-state index in [-0.39, 0.29) is 0 Å². The van der Waals surface area contributed by atoms with Gasteiger partial charge in [-0.1, -0.05) is 0 Å². The third kappa shape index (κ3) is 4.40. The summed E-state index contributed by atoms with van der Waals surface area (Å²) in [6, 6.07) is 36.4. The van der Waals surface area contributed by atoms with Gasteiger partial charge in [-0.25, -0.2) is 0 Å². The Bertz CT molecular complexity index is 1620. The Balaban J connectivity index is 1.44. The second kappa shape index (κ2) is 10.6. The molecule has 2 heteroatoms. The van der Waals surface area contributed by atoms with Crippen LogP contribution in [-0.4, -0.2) is 5.49 Å². The van der Waals surface area contributed by atoms with Crippen molar-refractivity contribution in [1.82, 2.24) is 0 Å². The second-order valence-corrected chi connectivity index (χ2v) is 60.5. The van der Waals surface area contributed by atoms with E-state index in [0.29, 0.717) is 7.35 Å². The van der Waals surface area contributed by atoms with Crippen LogP contribution >= 0.6 is 0 Å². The Morgan fingerprint density at radius 2 is 1.02 bits per heavy atom. The summed E-state index contributed by atoms with van der Waals surface area (Å²) >= 11 is -3.83. The van der Waals surface area contributed by atoms with E-state index in [4.69, 9.17) is 0 Å². The van der Waals surface area contributed by atoms with Crippen LogP contribution in [0, 0.1) is 0 Å². The molecular formula is C39H42HfSi. The number of rotatable bonds is 5. The molecule has 3 aliphatic rings. The van der Waals surface area contributed by atoms with Gasteiger partial charge in [0.2, 0.25) is 0 Å². The van der Waals surface area contributed by atoms with Crippen LogP contribution in [0.3, 0.4) is 0 Å². The van der Waals surface area contributed by atoms with Crippen molar-refractivity contribution in [3.05, 3.63) is 131 Å². The van der Waals surface area contributed by atoms with Crippen molar-refractivity contribution in [2.45, 2.75) is 60.9 Å². The summed E-state index contributed by atoms with van der Waals surface area (Å²) in [5, 5.41) is 0. The van der Waals surface area contributed by atoms with Crippen LogP contribution in [0.15, 0.2) is 109 Å². The zero-order valence-electron chi connectivity index (χ0n) is 24.8. The molecule has 0 spiro atoms. The molecule has 0 aromatic heterocycles. The quantitative estimate of drug-likeness (QED) is 0.180. The van der Waals surface area contributed by atoms with Crippen LogP contribution in [0.1, 0.15) is 61.7 Å². The SMILES string of the molecule is C[Si](C1CCCCC1)=[Hf]([CH3])([CH3])([CH]1C=Cc2c(-c3ccccc3)cccc21)[CH]1C=Cc2c(-c3ccccc3)cccc21. The number of allylic oxidation sites excluding steroid dienone is 2. The molecule has 2 atom stereocenters.